The van der Waals surface area contributed by atoms with Crippen LogP contribution in [0.2, 0.25) is 0 Å². The first-order chi connectivity index (χ1) is 11.2. The molecule has 0 spiro atoms. The van der Waals surface area contributed by atoms with Crippen molar-refractivity contribution in [2.75, 3.05) is 13.7 Å². The van der Waals surface area contributed by atoms with Crippen LogP contribution in [0, 0.1) is 6.92 Å². The van der Waals surface area contributed by atoms with Gasteiger partial charge in [-0.15, -0.1) is 0 Å². The Morgan fingerprint density at radius 2 is 1.67 bits per heavy atom. The van der Waals surface area contributed by atoms with Crippen LogP contribution in [0.4, 0.5) is 0 Å². The zero-order valence-electron chi connectivity index (χ0n) is 17.1. The van der Waals surface area contributed by atoms with Crippen LogP contribution in [0.25, 0.3) is 0 Å². The Labute approximate surface area is 148 Å². The number of esters is 1. The number of carbonyl (C=O) groups is 1. The van der Waals surface area contributed by atoms with Gasteiger partial charge in [0.25, 0.3) is 0 Å². The van der Waals surface area contributed by atoms with E-state index in [0.29, 0.717) is 5.75 Å². The summed E-state index contributed by atoms with van der Waals surface area (Å²) >= 11 is 0. The Morgan fingerprint density at radius 3 is 2.12 bits per heavy atom. The maximum absolute atomic E-state index is 11.6. The molecule has 0 aliphatic carbocycles. The lowest BCUT2D eigenvalue weighted by molar-refractivity contribution is -0.157. The molecular formula is C20H36O4. The SMILES string of the molecule is CC.CC.COC(C)c1cc(OCC(=O)OC(C)(C)C)ccc1C. The average molecular weight is 341 g/mol. The second-order valence-corrected chi connectivity index (χ2v) is 5.77. The second kappa shape index (κ2) is 12.8. The fourth-order valence-electron chi connectivity index (χ4n) is 1.79. The Balaban J connectivity index is 0. The predicted octanol–water partition coefficient (Wildman–Crippen LogP) is 5.48. The maximum atomic E-state index is 11.6. The number of hydrogen-bond acceptors (Lipinski definition) is 4. The molecule has 1 aromatic carbocycles. The highest BCUT2D eigenvalue weighted by atomic mass is 16.6. The molecule has 0 fully saturated rings. The van der Waals surface area contributed by atoms with Crippen LogP contribution >= 0.6 is 0 Å². The normalized spacial score (nSPS) is 11.2. The first kappa shape index (κ1) is 24.7. The number of ether oxygens (including phenoxy) is 3. The summed E-state index contributed by atoms with van der Waals surface area (Å²) in [5.74, 6) is 0.264. The molecule has 0 aliphatic rings. The van der Waals surface area contributed by atoms with Crippen LogP contribution in [0.3, 0.4) is 0 Å². The van der Waals surface area contributed by atoms with Gasteiger partial charge in [0, 0.05) is 7.11 Å². The molecule has 0 saturated heterocycles. The van der Waals surface area contributed by atoms with E-state index in [1.807, 2.05) is 80.5 Å². The van der Waals surface area contributed by atoms with E-state index in [1.54, 1.807) is 7.11 Å². The minimum atomic E-state index is -0.497. The molecule has 1 rings (SSSR count). The number of aryl methyl sites for hydroxylation is 1. The van der Waals surface area contributed by atoms with Crippen molar-refractivity contribution in [3.63, 3.8) is 0 Å². The lowest BCUT2D eigenvalue weighted by Gasteiger charge is -2.20. The van der Waals surface area contributed by atoms with E-state index in [9.17, 15) is 4.79 Å². The highest BCUT2D eigenvalue weighted by Gasteiger charge is 2.17. The van der Waals surface area contributed by atoms with Gasteiger partial charge in [-0.1, -0.05) is 33.8 Å². The van der Waals surface area contributed by atoms with Gasteiger partial charge in [0.2, 0.25) is 0 Å². The van der Waals surface area contributed by atoms with E-state index in [2.05, 4.69) is 0 Å². The third kappa shape index (κ3) is 10.3. The second-order valence-electron chi connectivity index (χ2n) is 5.77. The third-order valence-electron chi connectivity index (χ3n) is 2.82. The van der Waals surface area contributed by atoms with Gasteiger partial charge in [-0.3, -0.25) is 0 Å². The molecule has 1 unspecified atom stereocenters. The lowest BCUT2D eigenvalue weighted by atomic mass is 10.0. The Morgan fingerprint density at radius 1 is 1.12 bits per heavy atom. The van der Waals surface area contributed by atoms with Crippen molar-refractivity contribution in [3.8, 4) is 5.75 Å². The molecule has 0 heterocycles. The summed E-state index contributed by atoms with van der Waals surface area (Å²) in [4.78, 5) is 11.6. The molecule has 140 valence electrons. The number of methoxy groups -OCH3 is 1. The van der Waals surface area contributed by atoms with Gasteiger partial charge >= 0.3 is 5.97 Å². The summed E-state index contributed by atoms with van der Waals surface area (Å²) in [5.41, 5.74) is 1.68. The van der Waals surface area contributed by atoms with Crippen molar-refractivity contribution in [1.82, 2.24) is 0 Å². The predicted molar refractivity (Wildman–Crippen MR) is 101 cm³/mol. The molecule has 4 nitrogen and oxygen atoms in total. The first-order valence-corrected chi connectivity index (χ1v) is 8.71. The monoisotopic (exact) mass is 340 g/mol. The molecule has 4 heteroatoms. The van der Waals surface area contributed by atoms with E-state index < -0.39 is 5.60 Å². The topological polar surface area (TPSA) is 44.8 Å². The van der Waals surface area contributed by atoms with Crippen LogP contribution < -0.4 is 4.74 Å². The van der Waals surface area contributed by atoms with Gasteiger partial charge in [0.1, 0.15) is 11.4 Å². The van der Waals surface area contributed by atoms with Gasteiger partial charge in [0.05, 0.1) is 6.10 Å². The quantitative estimate of drug-likeness (QED) is 0.666. The molecule has 0 aromatic heterocycles. The van der Waals surface area contributed by atoms with Crippen LogP contribution in [-0.2, 0) is 14.3 Å². The summed E-state index contributed by atoms with van der Waals surface area (Å²) < 4.78 is 16.0. The van der Waals surface area contributed by atoms with Crippen LogP contribution in [-0.4, -0.2) is 25.3 Å². The van der Waals surface area contributed by atoms with Crippen LogP contribution in [0.1, 0.15) is 72.6 Å². The van der Waals surface area contributed by atoms with Crippen molar-refractivity contribution in [1.29, 1.82) is 0 Å². The standard InChI is InChI=1S/C16H24O4.2C2H6/c1-11-7-8-13(9-14(11)12(2)18-6)19-10-15(17)20-16(3,4)5;2*1-2/h7-9,12H,10H2,1-6H3;2*1-2H3. The van der Waals surface area contributed by atoms with Gasteiger partial charge in [-0.2, -0.15) is 0 Å². The summed E-state index contributed by atoms with van der Waals surface area (Å²) in [6, 6.07) is 5.69. The summed E-state index contributed by atoms with van der Waals surface area (Å²) in [7, 11) is 1.67. The van der Waals surface area contributed by atoms with Crippen LogP contribution in [0.5, 0.6) is 5.75 Å². The Hall–Kier alpha value is -1.55. The molecule has 0 amide bonds. The van der Waals surface area contributed by atoms with Crippen molar-refractivity contribution in [2.24, 2.45) is 0 Å². The summed E-state index contributed by atoms with van der Waals surface area (Å²) in [6.07, 6.45) is -0.0138. The molecule has 24 heavy (non-hydrogen) atoms. The molecule has 0 saturated carbocycles. The maximum Gasteiger partial charge on any atom is 0.344 e. The zero-order chi connectivity index (χ0) is 19.3. The third-order valence-corrected chi connectivity index (χ3v) is 2.82. The van der Waals surface area contributed by atoms with Gasteiger partial charge in [-0.25, -0.2) is 4.79 Å². The number of rotatable bonds is 5. The van der Waals surface area contributed by atoms with E-state index in [-0.39, 0.29) is 18.7 Å². The number of benzene rings is 1. The molecule has 0 N–H and O–H groups in total. The summed E-state index contributed by atoms with van der Waals surface area (Å²) in [5, 5.41) is 0. The fraction of sp³-hybridized carbons (Fsp3) is 0.650. The fourth-order valence-corrected chi connectivity index (χ4v) is 1.79. The molecule has 1 atom stereocenters. The van der Waals surface area contributed by atoms with Crippen molar-refractivity contribution < 1.29 is 19.0 Å². The van der Waals surface area contributed by atoms with Crippen molar-refractivity contribution in [2.45, 2.75) is 74.0 Å². The van der Waals surface area contributed by atoms with E-state index in [4.69, 9.17) is 14.2 Å². The molecular weight excluding hydrogens is 304 g/mol. The minimum absolute atomic E-state index is 0.0138. The highest BCUT2D eigenvalue weighted by Crippen LogP contribution is 2.25. The number of hydrogen-bond donors (Lipinski definition) is 0. The van der Waals surface area contributed by atoms with E-state index in [1.165, 1.54) is 0 Å². The van der Waals surface area contributed by atoms with Gasteiger partial charge < -0.3 is 14.2 Å². The molecule has 0 aliphatic heterocycles. The van der Waals surface area contributed by atoms with Crippen molar-refractivity contribution in [3.05, 3.63) is 29.3 Å². The summed E-state index contributed by atoms with van der Waals surface area (Å²) in [6.45, 7) is 17.4. The average Bonchev–Trinajstić information content (AvgIpc) is 2.55. The van der Waals surface area contributed by atoms with Gasteiger partial charge in [-0.05, 0) is 57.9 Å². The molecule has 1 aromatic rings. The van der Waals surface area contributed by atoms with E-state index in [0.717, 1.165) is 11.1 Å². The Bertz CT molecular complexity index is 461. The lowest BCUT2D eigenvalue weighted by Crippen LogP contribution is -2.27. The van der Waals surface area contributed by atoms with Crippen molar-refractivity contribution >= 4 is 5.97 Å². The first-order valence-electron chi connectivity index (χ1n) is 8.71. The van der Waals surface area contributed by atoms with Crippen LogP contribution in [0.15, 0.2) is 18.2 Å². The largest absolute Gasteiger partial charge is 0.482 e. The number of carbonyl (C=O) groups excluding carboxylic acids is 1. The Kier molecular flexibility index (Phi) is 13.2. The van der Waals surface area contributed by atoms with E-state index >= 15 is 0 Å². The minimum Gasteiger partial charge on any atom is -0.482 e. The highest BCUT2D eigenvalue weighted by molar-refractivity contribution is 5.71. The van der Waals surface area contributed by atoms with Gasteiger partial charge in [0.15, 0.2) is 6.61 Å². The smallest absolute Gasteiger partial charge is 0.344 e. The molecule has 0 radical (unpaired) electrons. The molecule has 0 bridgehead atoms. The zero-order valence-corrected chi connectivity index (χ0v) is 17.1.